The van der Waals surface area contributed by atoms with Gasteiger partial charge in [0.1, 0.15) is 6.04 Å². The summed E-state index contributed by atoms with van der Waals surface area (Å²) in [4.78, 5) is 35.7. The summed E-state index contributed by atoms with van der Waals surface area (Å²) in [6.45, 7) is -0.513. The highest BCUT2D eigenvalue weighted by molar-refractivity contribution is 6.30. The Morgan fingerprint density at radius 1 is 1.11 bits per heavy atom. The molecule has 0 heterocycles. The van der Waals surface area contributed by atoms with Gasteiger partial charge in [0.15, 0.2) is 6.61 Å². The predicted octanol–water partition coefficient (Wildman–Crippen LogP) is 2.80. The molecule has 0 saturated heterocycles. The van der Waals surface area contributed by atoms with Gasteiger partial charge in [0.05, 0.1) is 7.11 Å². The Kier molecular flexibility index (Phi) is 8.24. The molecule has 0 radical (unpaired) electrons. The van der Waals surface area contributed by atoms with Crippen LogP contribution in [-0.2, 0) is 30.3 Å². The third-order valence-corrected chi connectivity index (χ3v) is 3.94. The molecule has 1 atom stereocenters. The maximum atomic E-state index is 12.0. The van der Waals surface area contributed by atoms with Gasteiger partial charge in [-0.25, -0.2) is 9.59 Å². The van der Waals surface area contributed by atoms with E-state index in [-0.39, 0.29) is 6.42 Å². The molecule has 0 aromatic heterocycles. The highest BCUT2D eigenvalue weighted by atomic mass is 35.5. The lowest BCUT2D eigenvalue weighted by atomic mass is 10.1. The first kappa shape index (κ1) is 21.2. The number of rotatable bonds is 8. The second-order valence-electron chi connectivity index (χ2n) is 5.83. The first-order valence-electron chi connectivity index (χ1n) is 8.49. The lowest BCUT2D eigenvalue weighted by Gasteiger charge is -2.16. The second-order valence-corrected chi connectivity index (χ2v) is 6.27. The number of hydrogen-bond acceptors (Lipinski definition) is 5. The van der Waals surface area contributed by atoms with Gasteiger partial charge in [0.25, 0.3) is 5.91 Å². The van der Waals surface area contributed by atoms with E-state index in [0.29, 0.717) is 5.02 Å². The Morgan fingerprint density at radius 3 is 2.54 bits per heavy atom. The van der Waals surface area contributed by atoms with Crippen molar-refractivity contribution < 1.29 is 23.9 Å². The van der Waals surface area contributed by atoms with Crippen LogP contribution in [0.15, 0.2) is 60.7 Å². The van der Waals surface area contributed by atoms with Gasteiger partial charge in [0, 0.05) is 17.5 Å². The first-order chi connectivity index (χ1) is 13.5. The number of ether oxygens (including phenoxy) is 2. The standard InChI is InChI=1S/C21H20ClNO5/c1-27-21(26)18(13-15-6-3-2-4-7-15)23-19(24)14-28-20(25)11-10-16-8-5-9-17(22)12-16/h2-12,18H,13-14H2,1H3,(H,23,24)/b11-10+. The molecule has 0 aliphatic heterocycles. The van der Waals surface area contributed by atoms with Crippen LogP contribution in [0.4, 0.5) is 0 Å². The van der Waals surface area contributed by atoms with E-state index in [1.54, 1.807) is 24.3 Å². The SMILES string of the molecule is COC(=O)C(Cc1ccccc1)NC(=O)COC(=O)/C=C/c1cccc(Cl)c1. The molecule has 7 heteroatoms. The van der Waals surface area contributed by atoms with Crippen LogP contribution in [0.2, 0.25) is 5.02 Å². The van der Waals surface area contributed by atoms with Crippen LogP contribution in [-0.4, -0.2) is 37.6 Å². The number of esters is 2. The van der Waals surface area contributed by atoms with Gasteiger partial charge in [-0.1, -0.05) is 54.1 Å². The minimum Gasteiger partial charge on any atom is -0.467 e. The number of benzene rings is 2. The molecule has 0 aliphatic carbocycles. The number of hydrogen-bond donors (Lipinski definition) is 1. The van der Waals surface area contributed by atoms with Crippen molar-refractivity contribution in [3.05, 3.63) is 76.8 Å². The van der Waals surface area contributed by atoms with Crippen molar-refractivity contribution in [2.24, 2.45) is 0 Å². The van der Waals surface area contributed by atoms with Crippen molar-refractivity contribution in [2.45, 2.75) is 12.5 Å². The van der Waals surface area contributed by atoms with E-state index in [9.17, 15) is 14.4 Å². The third-order valence-electron chi connectivity index (χ3n) is 3.71. The highest BCUT2D eigenvalue weighted by Gasteiger charge is 2.22. The van der Waals surface area contributed by atoms with Crippen molar-refractivity contribution in [3.63, 3.8) is 0 Å². The van der Waals surface area contributed by atoms with E-state index in [4.69, 9.17) is 21.1 Å². The summed E-state index contributed by atoms with van der Waals surface area (Å²) in [6.07, 6.45) is 2.99. The van der Waals surface area contributed by atoms with Crippen molar-refractivity contribution in [1.29, 1.82) is 0 Å². The number of carbonyl (C=O) groups is 3. The fourth-order valence-corrected chi connectivity index (χ4v) is 2.58. The average Bonchev–Trinajstić information content (AvgIpc) is 2.70. The molecule has 1 amide bonds. The Hall–Kier alpha value is -3.12. The highest BCUT2D eigenvalue weighted by Crippen LogP contribution is 2.11. The Labute approximate surface area is 168 Å². The molecule has 0 spiro atoms. The van der Waals surface area contributed by atoms with E-state index in [1.165, 1.54) is 19.3 Å². The van der Waals surface area contributed by atoms with Gasteiger partial charge in [-0.05, 0) is 29.3 Å². The molecule has 2 aromatic rings. The summed E-state index contributed by atoms with van der Waals surface area (Å²) in [5, 5.41) is 3.06. The lowest BCUT2D eigenvalue weighted by molar-refractivity contribution is -0.147. The van der Waals surface area contributed by atoms with Crippen LogP contribution in [0.5, 0.6) is 0 Å². The van der Waals surface area contributed by atoms with Gasteiger partial charge >= 0.3 is 11.9 Å². The number of amides is 1. The molecular formula is C21H20ClNO5. The number of halogens is 1. The van der Waals surface area contributed by atoms with Gasteiger partial charge < -0.3 is 14.8 Å². The van der Waals surface area contributed by atoms with Crippen LogP contribution >= 0.6 is 11.6 Å². The summed E-state index contributed by atoms with van der Waals surface area (Å²) >= 11 is 5.87. The summed E-state index contributed by atoms with van der Waals surface area (Å²) in [6, 6.07) is 15.2. The second kappa shape index (κ2) is 10.9. The third kappa shape index (κ3) is 7.25. The van der Waals surface area contributed by atoms with E-state index in [2.05, 4.69) is 5.32 Å². The number of carbonyl (C=O) groups excluding carboxylic acids is 3. The fourth-order valence-electron chi connectivity index (χ4n) is 2.38. The van der Waals surface area contributed by atoms with Gasteiger partial charge in [-0.3, -0.25) is 4.79 Å². The van der Waals surface area contributed by atoms with Crippen LogP contribution in [0.1, 0.15) is 11.1 Å². The molecule has 1 unspecified atom stereocenters. The summed E-state index contributed by atoms with van der Waals surface area (Å²) in [7, 11) is 1.24. The Bertz CT molecular complexity index is 851. The van der Waals surface area contributed by atoms with Gasteiger partial charge in [0.2, 0.25) is 0 Å². The number of nitrogens with one attached hydrogen (secondary N) is 1. The summed E-state index contributed by atoms with van der Waals surface area (Å²) in [5.74, 6) is -1.87. The maximum Gasteiger partial charge on any atom is 0.331 e. The average molecular weight is 402 g/mol. The maximum absolute atomic E-state index is 12.0. The van der Waals surface area contributed by atoms with E-state index in [0.717, 1.165) is 11.1 Å². The molecule has 0 saturated carbocycles. The minimum absolute atomic E-state index is 0.266. The van der Waals surface area contributed by atoms with Crippen LogP contribution in [0.3, 0.4) is 0 Å². The largest absolute Gasteiger partial charge is 0.467 e. The zero-order valence-corrected chi connectivity index (χ0v) is 16.0. The van der Waals surface area contributed by atoms with Gasteiger partial charge in [-0.2, -0.15) is 0 Å². The first-order valence-corrected chi connectivity index (χ1v) is 8.87. The molecule has 0 aliphatic rings. The molecule has 6 nitrogen and oxygen atoms in total. The lowest BCUT2D eigenvalue weighted by Crippen LogP contribution is -2.44. The minimum atomic E-state index is -0.874. The van der Waals surface area contributed by atoms with Gasteiger partial charge in [-0.15, -0.1) is 0 Å². The summed E-state index contributed by atoms with van der Waals surface area (Å²) < 4.78 is 9.62. The van der Waals surface area contributed by atoms with Crippen molar-refractivity contribution in [1.82, 2.24) is 5.32 Å². The molecule has 1 N–H and O–H groups in total. The van der Waals surface area contributed by atoms with E-state index in [1.807, 2.05) is 30.3 Å². The molecule has 0 fully saturated rings. The fraction of sp³-hybridized carbons (Fsp3) is 0.190. The van der Waals surface area contributed by atoms with E-state index < -0.39 is 30.5 Å². The van der Waals surface area contributed by atoms with Crippen LogP contribution in [0, 0.1) is 0 Å². The quantitative estimate of drug-likeness (QED) is 0.543. The molecule has 0 bridgehead atoms. The Morgan fingerprint density at radius 2 is 1.86 bits per heavy atom. The normalized spacial score (nSPS) is 11.6. The molecule has 2 rings (SSSR count). The Balaban J connectivity index is 1.86. The van der Waals surface area contributed by atoms with Crippen LogP contribution < -0.4 is 5.32 Å². The molecule has 146 valence electrons. The monoisotopic (exact) mass is 401 g/mol. The molecule has 28 heavy (non-hydrogen) atoms. The van der Waals surface area contributed by atoms with Crippen molar-refractivity contribution >= 4 is 35.5 Å². The number of methoxy groups -OCH3 is 1. The van der Waals surface area contributed by atoms with Crippen LogP contribution in [0.25, 0.3) is 6.08 Å². The molecular weight excluding hydrogens is 382 g/mol. The zero-order valence-electron chi connectivity index (χ0n) is 15.3. The topological polar surface area (TPSA) is 81.7 Å². The zero-order chi connectivity index (χ0) is 20.4. The molecule has 2 aromatic carbocycles. The summed E-state index contributed by atoms with van der Waals surface area (Å²) in [5.41, 5.74) is 1.59. The smallest absolute Gasteiger partial charge is 0.331 e. The predicted molar refractivity (Wildman–Crippen MR) is 106 cm³/mol. The van der Waals surface area contributed by atoms with Crippen molar-refractivity contribution in [2.75, 3.05) is 13.7 Å². The van der Waals surface area contributed by atoms with Crippen molar-refractivity contribution in [3.8, 4) is 0 Å². The van der Waals surface area contributed by atoms with E-state index >= 15 is 0 Å².